The topological polar surface area (TPSA) is 12.5 Å². The third-order valence-corrected chi connectivity index (χ3v) is 3.17. The number of rotatable bonds is 2. The van der Waals surface area contributed by atoms with Gasteiger partial charge in [-0.15, -0.1) is 0 Å². The standard InChI is InChI=1S/C13H17NO/c1-3-13(15-2)14-9-8-11-6-4-5-7-12(11)10-14/h4-7,11-12H,1,8-10H2,2H3. The van der Waals surface area contributed by atoms with Crippen LogP contribution in [0.25, 0.3) is 0 Å². The van der Waals surface area contributed by atoms with Gasteiger partial charge < -0.3 is 9.64 Å². The summed E-state index contributed by atoms with van der Waals surface area (Å²) in [6.07, 6.45) is 10.1. The first-order valence-electron chi connectivity index (χ1n) is 5.39. The predicted molar refractivity (Wildman–Crippen MR) is 61.1 cm³/mol. The molecule has 0 aromatic carbocycles. The third-order valence-electron chi connectivity index (χ3n) is 3.17. The zero-order chi connectivity index (χ0) is 10.7. The fraction of sp³-hybridized carbons (Fsp3) is 0.462. The van der Waals surface area contributed by atoms with E-state index in [1.165, 1.54) is 6.42 Å². The van der Waals surface area contributed by atoms with Crippen LogP contribution in [0.15, 0.2) is 42.5 Å². The van der Waals surface area contributed by atoms with Crippen LogP contribution in [0, 0.1) is 11.8 Å². The molecular formula is C13H17NO. The molecule has 0 aromatic rings. The van der Waals surface area contributed by atoms with Gasteiger partial charge in [0.2, 0.25) is 5.88 Å². The molecule has 0 spiro atoms. The molecule has 0 N–H and O–H groups in total. The number of hydrogen-bond acceptors (Lipinski definition) is 2. The van der Waals surface area contributed by atoms with Crippen molar-refractivity contribution in [1.82, 2.24) is 4.90 Å². The fourth-order valence-electron chi connectivity index (χ4n) is 2.35. The highest BCUT2D eigenvalue weighted by Gasteiger charge is 2.28. The third kappa shape index (κ3) is 2.00. The van der Waals surface area contributed by atoms with E-state index in [0.717, 1.165) is 19.0 Å². The van der Waals surface area contributed by atoms with E-state index in [-0.39, 0.29) is 0 Å². The second-order valence-corrected chi connectivity index (χ2v) is 4.02. The minimum Gasteiger partial charge on any atom is -0.477 e. The van der Waals surface area contributed by atoms with Gasteiger partial charge in [0.25, 0.3) is 0 Å². The molecule has 1 heterocycles. The second kappa shape index (κ2) is 4.41. The summed E-state index contributed by atoms with van der Waals surface area (Å²) < 4.78 is 5.25. The Kier molecular flexibility index (Phi) is 2.98. The average molecular weight is 203 g/mol. The molecule has 0 radical (unpaired) electrons. The molecule has 2 atom stereocenters. The van der Waals surface area contributed by atoms with Crippen molar-refractivity contribution in [3.63, 3.8) is 0 Å². The Morgan fingerprint density at radius 1 is 1.40 bits per heavy atom. The lowest BCUT2D eigenvalue weighted by Crippen LogP contribution is -2.39. The van der Waals surface area contributed by atoms with Crippen molar-refractivity contribution in [2.75, 3.05) is 20.2 Å². The van der Waals surface area contributed by atoms with E-state index < -0.39 is 0 Å². The van der Waals surface area contributed by atoms with E-state index in [1.54, 1.807) is 7.11 Å². The molecule has 2 heteroatoms. The number of piperidine rings is 1. The van der Waals surface area contributed by atoms with Crippen molar-refractivity contribution >= 4 is 0 Å². The molecule has 2 nitrogen and oxygen atoms in total. The number of hydrogen-bond donors (Lipinski definition) is 0. The van der Waals surface area contributed by atoms with Crippen molar-refractivity contribution in [1.29, 1.82) is 0 Å². The summed E-state index contributed by atoms with van der Waals surface area (Å²) in [7, 11) is 1.68. The van der Waals surface area contributed by atoms with Gasteiger partial charge in [0.1, 0.15) is 0 Å². The number of nitrogens with zero attached hydrogens (tertiary/aromatic N) is 1. The quantitative estimate of drug-likeness (QED) is 0.504. The highest BCUT2D eigenvalue weighted by Crippen LogP contribution is 2.29. The molecule has 1 aliphatic heterocycles. The summed E-state index contributed by atoms with van der Waals surface area (Å²) in [6, 6.07) is 0. The van der Waals surface area contributed by atoms with Gasteiger partial charge in [0.15, 0.2) is 0 Å². The molecule has 80 valence electrons. The van der Waals surface area contributed by atoms with Crippen LogP contribution < -0.4 is 0 Å². The van der Waals surface area contributed by atoms with Crippen LogP contribution in [0.2, 0.25) is 0 Å². The number of allylic oxidation sites excluding steroid dienone is 3. The van der Waals surface area contributed by atoms with Gasteiger partial charge in [-0.05, 0) is 12.3 Å². The Balaban J connectivity index is 2.06. The smallest absolute Gasteiger partial charge is 0.235 e. The molecule has 1 saturated heterocycles. The summed E-state index contributed by atoms with van der Waals surface area (Å²) in [5.74, 6) is 2.09. The molecule has 0 aromatic heterocycles. The molecule has 2 aliphatic rings. The molecule has 2 unspecified atom stereocenters. The fourth-order valence-corrected chi connectivity index (χ4v) is 2.35. The zero-order valence-electron chi connectivity index (χ0n) is 9.15. The van der Waals surface area contributed by atoms with E-state index in [1.807, 2.05) is 0 Å². The number of likely N-dealkylation sites (tertiary alicyclic amines) is 1. The molecule has 1 aliphatic carbocycles. The van der Waals surface area contributed by atoms with E-state index in [0.29, 0.717) is 11.8 Å². The number of fused-ring (bicyclic) bond motifs is 1. The normalized spacial score (nSPS) is 28.2. The van der Waals surface area contributed by atoms with Crippen LogP contribution in [-0.2, 0) is 4.74 Å². The highest BCUT2D eigenvalue weighted by atomic mass is 16.5. The van der Waals surface area contributed by atoms with Gasteiger partial charge in [-0.1, -0.05) is 36.6 Å². The summed E-state index contributed by atoms with van der Waals surface area (Å²) in [5.41, 5.74) is 2.85. The average Bonchev–Trinajstić information content (AvgIpc) is 2.30. The lowest BCUT2D eigenvalue weighted by molar-refractivity contribution is 0.107. The Labute approximate surface area is 91.2 Å². The molecule has 2 rings (SSSR count). The lowest BCUT2D eigenvalue weighted by Gasteiger charge is -2.37. The zero-order valence-corrected chi connectivity index (χ0v) is 9.15. The number of ether oxygens (including phenoxy) is 1. The monoisotopic (exact) mass is 203 g/mol. The van der Waals surface area contributed by atoms with Gasteiger partial charge in [-0.3, -0.25) is 0 Å². The van der Waals surface area contributed by atoms with Crippen molar-refractivity contribution in [2.24, 2.45) is 11.8 Å². The first-order valence-corrected chi connectivity index (χ1v) is 5.39. The maximum absolute atomic E-state index is 5.25. The maximum atomic E-state index is 5.25. The largest absolute Gasteiger partial charge is 0.477 e. The summed E-state index contributed by atoms with van der Waals surface area (Å²) in [6.45, 7) is 5.69. The first kappa shape index (κ1) is 10.1. The van der Waals surface area contributed by atoms with Crippen LogP contribution in [0.3, 0.4) is 0 Å². The first-order chi connectivity index (χ1) is 7.35. The van der Waals surface area contributed by atoms with Gasteiger partial charge in [0, 0.05) is 19.0 Å². The van der Waals surface area contributed by atoms with Crippen LogP contribution in [0.1, 0.15) is 6.42 Å². The minimum atomic E-state index is 0.613. The van der Waals surface area contributed by atoms with Crippen LogP contribution in [0.5, 0.6) is 0 Å². The maximum Gasteiger partial charge on any atom is 0.235 e. The summed E-state index contributed by atoms with van der Waals surface area (Å²) >= 11 is 0. The minimum absolute atomic E-state index is 0.613. The van der Waals surface area contributed by atoms with Crippen LogP contribution >= 0.6 is 0 Å². The molecule has 0 saturated carbocycles. The molecular weight excluding hydrogens is 186 g/mol. The van der Waals surface area contributed by atoms with E-state index in [2.05, 4.69) is 41.5 Å². The van der Waals surface area contributed by atoms with Gasteiger partial charge in [0.05, 0.1) is 7.11 Å². The van der Waals surface area contributed by atoms with Crippen molar-refractivity contribution in [2.45, 2.75) is 6.42 Å². The summed E-state index contributed by atoms with van der Waals surface area (Å²) in [4.78, 5) is 2.22. The van der Waals surface area contributed by atoms with Gasteiger partial charge in [-0.25, -0.2) is 0 Å². The van der Waals surface area contributed by atoms with Crippen molar-refractivity contribution < 1.29 is 4.74 Å². The summed E-state index contributed by atoms with van der Waals surface area (Å²) in [5, 5.41) is 0. The Hall–Kier alpha value is -1.40. The van der Waals surface area contributed by atoms with Crippen LogP contribution in [-0.4, -0.2) is 25.1 Å². The van der Waals surface area contributed by atoms with E-state index in [4.69, 9.17) is 4.74 Å². The highest BCUT2D eigenvalue weighted by molar-refractivity contribution is 5.16. The molecule has 15 heavy (non-hydrogen) atoms. The second-order valence-electron chi connectivity index (χ2n) is 4.02. The van der Waals surface area contributed by atoms with Crippen molar-refractivity contribution in [3.05, 3.63) is 42.5 Å². The molecule has 0 amide bonds. The number of methoxy groups -OCH3 is 1. The SMILES string of the molecule is C=C=C(OC)N1CCC2C=CC=CC2C1. The van der Waals surface area contributed by atoms with E-state index >= 15 is 0 Å². The van der Waals surface area contributed by atoms with Crippen molar-refractivity contribution in [3.8, 4) is 0 Å². The molecule has 1 fully saturated rings. The van der Waals surface area contributed by atoms with Gasteiger partial charge >= 0.3 is 0 Å². The van der Waals surface area contributed by atoms with E-state index in [9.17, 15) is 0 Å². The molecule has 0 bridgehead atoms. The van der Waals surface area contributed by atoms with Crippen LogP contribution in [0.4, 0.5) is 0 Å². The van der Waals surface area contributed by atoms with Gasteiger partial charge in [-0.2, -0.15) is 0 Å². The predicted octanol–water partition coefficient (Wildman–Crippen LogP) is 2.32. The Morgan fingerprint density at radius 2 is 2.13 bits per heavy atom. The Bertz CT molecular complexity index is 336. The Morgan fingerprint density at radius 3 is 2.80 bits per heavy atom. The lowest BCUT2D eigenvalue weighted by atomic mass is 9.83.